The lowest BCUT2D eigenvalue weighted by molar-refractivity contribution is 1.29. The van der Waals surface area contributed by atoms with Crippen molar-refractivity contribution in [1.82, 2.24) is 0 Å². The van der Waals surface area contributed by atoms with E-state index in [9.17, 15) is 0 Å². The molecule has 0 radical (unpaired) electrons. The van der Waals surface area contributed by atoms with Gasteiger partial charge in [-0.3, -0.25) is 0 Å². The molecule has 0 rings (SSSR count). The Labute approximate surface area is 69.6 Å². The summed E-state index contributed by atoms with van der Waals surface area (Å²) in [5, 5.41) is 0. The maximum atomic E-state index is 3.89. The minimum atomic E-state index is 0.949. The van der Waals surface area contributed by atoms with Gasteiger partial charge in [0.05, 0.1) is 0 Å². The molecule has 0 aromatic carbocycles. The van der Waals surface area contributed by atoms with Crippen LogP contribution in [0.5, 0.6) is 0 Å². The van der Waals surface area contributed by atoms with Crippen molar-refractivity contribution in [3.05, 3.63) is 48.6 Å². The summed E-state index contributed by atoms with van der Waals surface area (Å²) in [6.07, 6.45) is 13.1. The number of allylic oxidation sites excluding steroid dienone is 7. The lowest BCUT2D eigenvalue weighted by atomic mass is 10.2. The molecule has 0 bridgehead atoms. The van der Waals surface area contributed by atoms with Gasteiger partial charge in [-0.1, -0.05) is 48.6 Å². The Balaban J connectivity index is 3.68. The average Bonchev–Trinajstić information content (AvgIpc) is 2.01. The van der Waals surface area contributed by atoms with Gasteiger partial charge in [0.25, 0.3) is 0 Å². The first-order valence-electron chi connectivity index (χ1n) is 3.89. The minimum absolute atomic E-state index is 0.949. The Hall–Kier alpha value is -1.04. The molecule has 60 valence electrons. The van der Waals surface area contributed by atoms with Crippen LogP contribution in [0.3, 0.4) is 0 Å². The summed E-state index contributed by atoms with van der Waals surface area (Å²) >= 11 is 0. The van der Waals surface area contributed by atoms with Crippen LogP contribution < -0.4 is 0 Å². The fourth-order valence-electron chi connectivity index (χ4n) is 0.640. The molecule has 0 aromatic rings. The highest BCUT2D eigenvalue weighted by Crippen LogP contribution is 2.00. The molecule has 11 heavy (non-hydrogen) atoms. The minimum Gasteiger partial charge on any atom is -0.0955 e. The third kappa shape index (κ3) is 6.85. The van der Waals surface area contributed by atoms with Crippen molar-refractivity contribution in [2.45, 2.75) is 20.3 Å². The lowest BCUT2D eigenvalue weighted by Crippen LogP contribution is -1.69. The molecule has 0 spiro atoms. The van der Waals surface area contributed by atoms with E-state index in [1.165, 1.54) is 0 Å². The first-order chi connectivity index (χ1) is 5.31. The van der Waals surface area contributed by atoms with E-state index in [2.05, 4.69) is 12.7 Å². The fourth-order valence-corrected chi connectivity index (χ4v) is 0.640. The molecular weight excluding hydrogens is 132 g/mol. The van der Waals surface area contributed by atoms with Crippen molar-refractivity contribution in [2.24, 2.45) is 0 Å². The number of hydrogen-bond acceptors (Lipinski definition) is 0. The summed E-state index contributed by atoms with van der Waals surface area (Å²) in [6.45, 7) is 7.91. The van der Waals surface area contributed by atoms with Crippen molar-refractivity contribution in [3.63, 3.8) is 0 Å². The van der Waals surface area contributed by atoms with Gasteiger partial charge in [0, 0.05) is 0 Å². The maximum Gasteiger partial charge on any atom is -0.0103 e. The summed E-state index contributed by atoms with van der Waals surface area (Å²) in [6, 6.07) is 0. The van der Waals surface area contributed by atoms with E-state index >= 15 is 0 Å². The molecule has 0 saturated carbocycles. The summed E-state index contributed by atoms with van der Waals surface area (Å²) in [7, 11) is 0. The van der Waals surface area contributed by atoms with Crippen LogP contribution in [0.2, 0.25) is 0 Å². The van der Waals surface area contributed by atoms with Crippen LogP contribution >= 0.6 is 0 Å². The predicted molar refractivity (Wildman–Crippen MR) is 52.5 cm³/mol. The molecule has 0 atom stereocenters. The third-order valence-corrected chi connectivity index (χ3v) is 1.25. The van der Waals surface area contributed by atoms with Gasteiger partial charge in [0.2, 0.25) is 0 Å². The van der Waals surface area contributed by atoms with Gasteiger partial charge in [-0.2, -0.15) is 0 Å². The Bertz CT molecular complexity index is 180. The molecule has 0 heterocycles. The van der Waals surface area contributed by atoms with Crippen LogP contribution in [0.15, 0.2) is 48.6 Å². The Morgan fingerprint density at radius 1 is 1.18 bits per heavy atom. The van der Waals surface area contributed by atoms with Crippen LogP contribution in [0.25, 0.3) is 0 Å². The van der Waals surface area contributed by atoms with Gasteiger partial charge < -0.3 is 0 Å². The zero-order chi connectivity index (χ0) is 8.53. The van der Waals surface area contributed by atoms with Crippen molar-refractivity contribution in [3.8, 4) is 0 Å². The maximum absolute atomic E-state index is 3.89. The molecule has 0 unspecified atom stereocenters. The molecule has 0 saturated heterocycles. The third-order valence-electron chi connectivity index (χ3n) is 1.25. The second-order valence-corrected chi connectivity index (χ2v) is 2.32. The predicted octanol–water partition coefficient (Wildman–Crippen LogP) is 3.64. The largest absolute Gasteiger partial charge is 0.0955 e. The smallest absolute Gasteiger partial charge is 0.0103 e. The summed E-state index contributed by atoms with van der Waals surface area (Å²) in [5.41, 5.74) is 1.14. The first kappa shape index (κ1) is 9.96. The first-order valence-corrected chi connectivity index (χ1v) is 3.89. The molecule has 0 heteroatoms. The SMILES string of the molecule is C=C(C=CC=CC)CC=CC. The van der Waals surface area contributed by atoms with Crippen LogP contribution in [-0.4, -0.2) is 0 Å². The molecular formula is C11H16. The van der Waals surface area contributed by atoms with Crippen LogP contribution in [-0.2, 0) is 0 Å². The Kier molecular flexibility index (Phi) is 6.40. The van der Waals surface area contributed by atoms with E-state index in [1.54, 1.807) is 0 Å². The van der Waals surface area contributed by atoms with Crippen LogP contribution in [0, 0.1) is 0 Å². The van der Waals surface area contributed by atoms with Gasteiger partial charge in [-0.25, -0.2) is 0 Å². The second kappa shape index (κ2) is 7.07. The quantitative estimate of drug-likeness (QED) is 0.422. The zero-order valence-electron chi connectivity index (χ0n) is 7.38. The molecule has 0 aliphatic carbocycles. The van der Waals surface area contributed by atoms with Gasteiger partial charge in [0.15, 0.2) is 0 Å². The van der Waals surface area contributed by atoms with E-state index in [0.717, 1.165) is 12.0 Å². The highest BCUT2D eigenvalue weighted by Gasteiger charge is 1.80. The van der Waals surface area contributed by atoms with E-state index < -0.39 is 0 Å². The molecule has 0 nitrogen and oxygen atoms in total. The van der Waals surface area contributed by atoms with Gasteiger partial charge in [-0.15, -0.1) is 0 Å². The molecule has 0 amide bonds. The monoisotopic (exact) mass is 148 g/mol. The van der Waals surface area contributed by atoms with Crippen molar-refractivity contribution < 1.29 is 0 Å². The molecule has 0 aromatic heterocycles. The second-order valence-electron chi connectivity index (χ2n) is 2.32. The van der Waals surface area contributed by atoms with E-state index in [-0.39, 0.29) is 0 Å². The van der Waals surface area contributed by atoms with E-state index in [0.29, 0.717) is 0 Å². The number of hydrogen-bond donors (Lipinski definition) is 0. The summed E-state index contributed by atoms with van der Waals surface area (Å²) in [5.74, 6) is 0. The summed E-state index contributed by atoms with van der Waals surface area (Å²) < 4.78 is 0. The Morgan fingerprint density at radius 2 is 1.91 bits per heavy atom. The highest BCUT2D eigenvalue weighted by atomic mass is 13.9. The van der Waals surface area contributed by atoms with Gasteiger partial charge in [0.1, 0.15) is 0 Å². The molecule has 0 aliphatic heterocycles. The normalized spacial score (nSPS) is 12.2. The standard InChI is InChI=1S/C11H16/c1-4-6-8-10-11(3)9-7-5-2/h4-8,10H,3,9H2,1-2H3. The zero-order valence-corrected chi connectivity index (χ0v) is 7.38. The fraction of sp³-hybridized carbons (Fsp3) is 0.273. The van der Waals surface area contributed by atoms with Gasteiger partial charge in [-0.05, 0) is 20.3 Å². The van der Waals surface area contributed by atoms with Crippen molar-refractivity contribution in [1.29, 1.82) is 0 Å². The lowest BCUT2D eigenvalue weighted by Gasteiger charge is -1.89. The van der Waals surface area contributed by atoms with Crippen LogP contribution in [0.1, 0.15) is 20.3 Å². The molecule has 0 fully saturated rings. The van der Waals surface area contributed by atoms with Gasteiger partial charge >= 0.3 is 0 Å². The van der Waals surface area contributed by atoms with E-state index in [1.807, 2.05) is 44.2 Å². The Morgan fingerprint density at radius 3 is 2.45 bits per heavy atom. The van der Waals surface area contributed by atoms with Crippen LogP contribution in [0.4, 0.5) is 0 Å². The summed E-state index contributed by atoms with van der Waals surface area (Å²) in [4.78, 5) is 0. The average molecular weight is 148 g/mol. The topological polar surface area (TPSA) is 0 Å². The molecule has 0 aliphatic rings. The van der Waals surface area contributed by atoms with Crippen molar-refractivity contribution >= 4 is 0 Å². The molecule has 0 N–H and O–H groups in total. The number of rotatable bonds is 4. The van der Waals surface area contributed by atoms with E-state index in [4.69, 9.17) is 0 Å². The van der Waals surface area contributed by atoms with Crippen molar-refractivity contribution in [2.75, 3.05) is 0 Å². The highest BCUT2D eigenvalue weighted by molar-refractivity contribution is 5.21.